The number of fused-ring (bicyclic) bond motifs is 1. The van der Waals surface area contributed by atoms with Crippen LogP contribution in [0.3, 0.4) is 0 Å². The minimum Gasteiger partial charge on any atom is -0.480 e. The van der Waals surface area contributed by atoms with Crippen LogP contribution in [0.15, 0.2) is 11.6 Å². The zero-order chi connectivity index (χ0) is 13.2. The minimum absolute atomic E-state index is 0.183. The number of hydrogen-bond donors (Lipinski definition) is 2. The fraction of sp³-hybridized carbons (Fsp3) is 0.615. The van der Waals surface area contributed by atoms with Crippen LogP contribution in [0.4, 0.5) is 0 Å². The van der Waals surface area contributed by atoms with E-state index >= 15 is 0 Å². The van der Waals surface area contributed by atoms with E-state index in [9.17, 15) is 5.11 Å². The second kappa shape index (κ2) is 5.48. The first-order chi connectivity index (χ1) is 9.29. The second-order valence-corrected chi connectivity index (χ2v) is 5.84. The number of imidazole rings is 1. The summed E-state index contributed by atoms with van der Waals surface area (Å²) in [5, 5.41) is 15.4. The molecule has 1 saturated carbocycles. The Kier molecular flexibility index (Phi) is 3.72. The Labute approximate surface area is 116 Å². The first-order valence-electron chi connectivity index (χ1n) is 6.69. The Morgan fingerprint density at radius 1 is 1.53 bits per heavy atom. The fourth-order valence-electron chi connectivity index (χ4n) is 2.71. The van der Waals surface area contributed by atoms with Crippen LogP contribution in [0.2, 0.25) is 0 Å². The summed E-state index contributed by atoms with van der Waals surface area (Å²) in [6.07, 6.45) is 6.02. The standard InChI is InChI=1S/C13H19N3O2S/c1-18-12-10(16-6-7-19-13(16)15-12)8-14-9-4-2-3-5-11(9)17/h6-7,9,11,14,17H,2-5,8H2,1H3. The van der Waals surface area contributed by atoms with Crippen LogP contribution >= 0.6 is 11.3 Å². The summed E-state index contributed by atoms with van der Waals surface area (Å²) >= 11 is 1.59. The fourth-order valence-corrected chi connectivity index (χ4v) is 3.44. The molecule has 6 heteroatoms. The topological polar surface area (TPSA) is 58.8 Å². The van der Waals surface area contributed by atoms with Gasteiger partial charge < -0.3 is 15.2 Å². The predicted molar refractivity (Wildman–Crippen MR) is 74.7 cm³/mol. The van der Waals surface area contributed by atoms with Crippen molar-refractivity contribution in [1.82, 2.24) is 14.7 Å². The summed E-state index contributed by atoms with van der Waals surface area (Å²) in [5.41, 5.74) is 1.02. The number of ether oxygens (including phenoxy) is 1. The van der Waals surface area contributed by atoms with Crippen LogP contribution in [0.1, 0.15) is 31.4 Å². The summed E-state index contributed by atoms with van der Waals surface area (Å²) in [6, 6.07) is 0.183. The minimum atomic E-state index is -0.231. The highest BCUT2D eigenvalue weighted by Gasteiger charge is 2.23. The van der Waals surface area contributed by atoms with E-state index in [1.54, 1.807) is 18.4 Å². The highest BCUT2D eigenvalue weighted by atomic mass is 32.1. The van der Waals surface area contributed by atoms with E-state index < -0.39 is 0 Å². The second-order valence-electron chi connectivity index (χ2n) is 4.96. The van der Waals surface area contributed by atoms with Gasteiger partial charge in [-0.15, -0.1) is 11.3 Å². The summed E-state index contributed by atoms with van der Waals surface area (Å²) in [4.78, 5) is 5.37. The normalized spacial score (nSPS) is 23.9. The molecule has 0 spiro atoms. The smallest absolute Gasteiger partial charge is 0.237 e. The van der Waals surface area contributed by atoms with E-state index in [0.717, 1.165) is 29.9 Å². The molecule has 0 radical (unpaired) electrons. The molecule has 2 N–H and O–H groups in total. The molecule has 2 unspecified atom stereocenters. The van der Waals surface area contributed by atoms with Crippen molar-refractivity contribution in [3.8, 4) is 5.88 Å². The Morgan fingerprint density at radius 3 is 3.16 bits per heavy atom. The van der Waals surface area contributed by atoms with Crippen molar-refractivity contribution in [2.24, 2.45) is 0 Å². The van der Waals surface area contributed by atoms with Gasteiger partial charge in [0.2, 0.25) is 5.88 Å². The van der Waals surface area contributed by atoms with Crippen molar-refractivity contribution in [2.75, 3.05) is 7.11 Å². The third-order valence-corrected chi connectivity index (χ3v) is 4.54. The predicted octanol–water partition coefficient (Wildman–Crippen LogP) is 1.80. The van der Waals surface area contributed by atoms with Gasteiger partial charge in [-0.05, 0) is 12.8 Å². The van der Waals surface area contributed by atoms with Crippen molar-refractivity contribution >= 4 is 16.3 Å². The van der Waals surface area contributed by atoms with Gasteiger partial charge in [0, 0.05) is 24.2 Å². The lowest BCUT2D eigenvalue weighted by molar-refractivity contribution is 0.0899. The molecule has 2 heterocycles. The Morgan fingerprint density at radius 2 is 2.37 bits per heavy atom. The van der Waals surface area contributed by atoms with Crippen molar-refractivity contribution in [2.45, 2.75) is 44.4 Å². The van der Waals surface area contributed by atoms with Crippen LogP contribution in [0.25, 0.3) is 4.96 Å². The van der Waals surface area contributed by atoms with Gasteiger partial charge in [0.15, 0.2) is 4.96 Å². The molecule has 1 fully saturated rings. The monoisotopic (exact) mass is 281 g/mol. The molecule has 2 aromatic heterocycles. The van der Waals surface area contributed by atoms with Crippen molar-refractivity contribution in [1.29, 1.82) is 0 Å². The van der Waals surface area contributed by atoms with E-state index in [4.69, 9.17) is 4.74 Å². The molecule has 0 bridgehead atoms. The lowest BCUT2D eigenvalue weighted by atomic mass is 9.92. The number of nitrogens with one attached hydrogen (secondary N) is 1. The number of aliphatic hydroxyl groups is 1. The molecule has 0 amide bonds. The largest absolute Gasteiger partial charge is 0.480 e. The summed E-state index contributed by atoms with van der Waals surface area (Å²) in [7, 11) is 1.64. The van der Waals surface area contributed by atoms with Crippen molar-refractivity contribution in [3.05, 3.63) is 17.3 Å². The number of nitrogens with zero attached hydrogens (tertiary/aromatic N) is 2. The SMILES string of the molecule is COc1nc2sccn2c1CNC1CCCCC1O. The van der Waals surface area contributed by atoms with Crippen LogP contribution in [0.5, 0.6) is 5.88 Å². The maximum Gasteiger partial charge on any atom is 0.237 e. The highest BCUT2D eigenvalue weighted by Crippen LogP contribution is 2.24. The van der Waals surface area contributed by atoms with E-state index in [-0.39, 0.29) is 12.1 Å². The molecule has 0 aliphatic heterocycles. The van der Waals surface area contributed by atoms with E-state index in [0.29, 0.717) is 12.4 Å². The average Bonchev–Trinajstić information content (AvgIpc) is 2.98. The zero-order valence-electron chi connectivity index (χ0n) is 11.0. The maximum absolute atomic E-state index is 9.98. The van der Waals surface area contributed by atoms with Gasteiger partial charge in [-0.1, -0.05) is 12.8 Å². The molecule has 3 rings (SSSR count). The number of aromatic nitrogens is 2. The van der Waals surface area contributed by atoms with E-state index in [1.165, 1.54) is 6.42 Å². The molecule has 0 saturated heterocycles. The van der Waals surface area contributed by atoms with Crippen molar-refractivity contribution in [3.63, 3.8) is 0 Å². The van der Waals surface area contributed by atoms with Gasteiger partial charge in [-0.25, -0.2) is 0 Å². The Bertz CT molecular complexity index is 551. The molecule has 2 atom stereocenters. The molecule has 0 aromatic carbocycles. The third kappa shape index (κ3) is 2.48. The summed E-state index contributed by atoms with van der Waals surface area (Å²) in [5.74, 6) is 0.671. The zero-order valence-corrected chi connectivity index (χ0v) is 11.8. The van der Waals surface area contributed by atoms with Crippen LogP contribution in [0, 0.1) is 0 Å². The molecule has 2 aromatic rings. The van der Waals surface area contributed by atoms with Gasteiger partial charge in [0.05, 0.1) is 13.2 Å². The molecule has 1 aliphatic carbocycles. The maximum atomic E-state index is 9.98. The number of thiazole rings is 1. The molecular weight excluding hydrogens is 262 g/mol. The third-order valence-electron chi connectivity index (χ3n) is 3.78. The highest BCUT2D eigenvalue weighted by molar-refractivity contribution is 7.15. The van der Waals surface area contributed by atoms with Crippen LogP contribution in [-0.4, -0.2) is 33.7 Å². The first-order valence-corrected chi connectivity index (χ1v) is 7.57. The summed E-state index contributed by atoms with van der Waals surface area (Å²) < 4.78 is 7.37. The van der Waals surface area contributed by atoms with Gasteiger partial charge in [-0.3, -0.25) is 4.40 Å². The number of hydrogen-bond acceptors (Lipinski definition) is 5. The Hall–Kier alpha value is -1.11. The molecular formula is C13H19N3O2S. The first kappa shape index (κ1) is 12.9. The average molecular weight is 281 g/mol. The molecule has 5 nitrogen and oxygen atoms in total. The lowest BCUT2D eigenvalue weighted by Crippen LogP contribution is -2.41. The summed E-state index contributed by atoms with van der Waals surface area (Å²) in [6.45, 7) is 0.669. The quantitative estimate of drug-likeness (QED) is 0.897. The lowest BCUT2D eigenvalue weighted by Gasteiger charge is -2.28. The van der Waals surface area contributed by atoms with Gasteiger partial charge in [-0.2, -0.15) is 4.98 Å². The van der Waals surface area contributed by atoms with Crippen molar-refractivity contribution < 1.29 is 9.84 Å². The van der Waals surface area contributed by atoms with E-state index in [1.807, 2.05) is 16.0 Å². The van der Waals surface area contributed by atoms with Gasteiger partial charge >= 0.3 is 0 Å². The number of methoxy groups -OCH3 is 1. The van der Waals surface area contributed by atoms with Gasteiger partial charge in [0.1, 0.15) is 5.69 Å². The van der Waals surface area contributed by atoms with Crippen LogP contribution < -0.4 is 10.1 Å². The number of rotatable bonds is 4. The molecule has 19 heavy (non-hydrogen) atoms. The van der Waals surface area contributed by atoms with Crippen LogP contribution in [-0.2, 0) is 6.54 Å². The molecule has 104 valence electrons. The van der Waals surface area contributed by atoms with E-state index in [2.05, 4.69) is 10.3 Å². The Balaban J connectivity index is 1.75. The molecule has 1 aliphatic rings. The number of aliphatic hydroxyl groups excluding tert-OH is 1. The van der Waals surface area contributed by atoms with Gasteiger partial charge in [0.25, 0.3) is 0 Å².